The number of carboxylic acids is 1. The molecule has 3 N–H and O–H groups in total. The average Bonchev–Trinajstić information content (AvgIpc) is 2.56. The summed E-state index contributed by atoms with van der Waals surface area (Å²) in [7, 11) is 0. The average molecular weight is 434 g/mol. The van der Waals surface area contributed by atoms with E-state index in [4.69, 9.17) is 5.73 Å². The first-order valence-electron chi connectivity index (χ1n) is 8.55. The molecule has 1 heterocycles. The van der Waals surface area contributed by atoms with Crippen LogP contribution < -0.4 is 5.73 Å². The van der Waals surface area contributed by atoms with E-state index in [0.29, 0.717) is 0 Å². The van der Waals surface area contributed by atoms with Gasteiger partial charge in [0.15, 0.2) is 13.1 Å². The molecule has 162 valence electrons. The van der Waals surface area contributed by atoms with Crippen molar-refractivity contribution in [1.82, 2.24) is 4.90 Å². The first-order valence-corrected chi connectivity index (χ1v) is 9.71. The summed E-state index contributed by atoms with van der Waals surface area (Å²) in [6.45, 7) is -0.00434. The van der Waals surface area contributed by atoms with Gasteiger partial charge in [-0.05, 0) is 13.3 Å². The Hall–Kier alpha value is -2.61. The highest BCUT2D eigenvalue weighted by Gasteiger charge is 2.67. The van der Waals surface area contributed by atoms with Gasteiger partial charge in [0.05, 0.1) is 17.7 Å². The number of rotatable bonds is 13. The highest BCUT2D eigenvalue weighted by Crippen LogP contribution is 2.26. The number of aliphatic carboxylic acids is 1. The van der Waals surface area contributed by atoms with Crippen molar-refractivity contribution in [1.29, 1.82) is 0 Å². The van der Waals surface area contributed by atoms with Crippen molar-refractivity contribution >= 4 is 35.2 Å². The number of hydrogen-bond acceptors (Lipinski definition) is 10. The third kappa shape index (κ3) is 6.45. The zero-order valence-corrected chi connectivity index (χ0v) is 16.5. The van der Waals surface area contributed by atoms with Crippen LogP contribution in [0.5, 0.6) is 0 Å². The Balaban J connectivity index is 2.43. The van der Waals surface area contributed by atoms with Crippen LogP contribution in [-0.4, -0.2) is 79.6 Å². The Morgan fingerprint density at radius 1 is 1.21 bits per heavy atom. The van der Waals surface area contributed by atoms with Crippen LogP contribution in [-0.2, 0) is 19.2 Å². The van der Waals surface area contributed by atoms with Gasteiger partial charge in [0.25, 0.3) is 0 Å². The lowest BCUT2D eigenvalue weighted by atomic mass is 9.99. The monoisotopic (exact) mass is 434 g/mol. The minimum atomic E-state index is -2.39. The smallest absolute Gasteiger partial charge is 0.481 e. The Morgan fingerprint density at radius 3 is 2.21 bits per heavy atom. The molecule has 0 aromatic carbocycles. The van der Waals surface area contributed by atoms with E-state index in [0.717, 1.165) is 16.7 Å². The van der Waals surface area contributed by atoms with E-state index >= 15 is 0 Å². The number of carbonyl (C=O) groups excluding carboxylic acids is 3. The molecule has 0 aliphatic carbocycles. The molecule has 1 aliphatic heterocycles. The minimum absolute atomic E-state index is 0.0359. The lowest BCUT2D eigenvalue weighted by molar-refractivity contribution is -0.809. The number of hydrogen-bond donors (Lipinski definition) is 2. The van der Waals surface area contributed by atoms with Gasteiger partial charge in [0, 0.05) is 18.6 Å². The zero-order valence-electron chi connectivity index (χ0n) is 15.6. The summed E-state index contributed by atoms with van der Waals surface area (Å²) in [4.78, 5) is 66.8. The molecule has 1 rings (SSSR count). The van der Waals surface area contributed by atoms with Crippen LogP contribution in [0, 0.1) is 26.1 Å². The van der Waals surface area contributed by atoms with Crippen molar-refractivity contribution in [3.63, 3.8) is 0 Å². The van der Waals surface area contributed by atoms with Gasteiger partial charge in [-0.1, -0.05) is 0 Å². The number of carboxylic acid groups (broad SMARTS) is 1. The third-order valence-corrected chi connectivity index (χ3v) is 5.63. The van der Waals surface area contributed by atoms with E-state index in [1.807, 2.05) is 0 Å². The van der Waals surface area contributed by atoms with Gasteiger partial charge in [-0.15, -0.1) is 0 Å². The lowest BCUT2D eigenvalue weighted by Gasteiger charge is -2.35. The molecule has 0 bridgehead atoms. The summed E-state index contributed by atoms with van der Waals surface area (Å²) >= 11 is 0.921. The largest absolute Gasteiger partial charge is 0.492 e. The fraction of sp³-hybridized carbons (Fsp3) is 0.733. The number of carbonyl (C=O) groups is 4. The fourth-order valence-corrected chi connectivity index (χ4v) is 3.55. The molecule has 1 aliphatic rings. The molecule has 0 aromatic rings. The molecule has 2 atom stereocenters. The van der Waals surface area contributed by atoms with E-state index in [9.17, 15) is 44.5 Å². The second-order valence-electron chi connectivity index (χ2n) is 6.80. The van der Waals surface area contributed by atoms with Gasteiger partial charge in [-0.25, -0.2) is 0 Å². The topological polar surface area (TPSA) is 204 Å². The van der Waals surface area contributed by atoms with Crippen molar-refractivity contribution < 1.29 is 34.1 Å². The van der Waals surface area contributed by atoms with E-state index in [1.54, 1.807) is 0 Å². The summed E-state index contributed by atoms with van der Waals surface area (Å²) in [5.74, 6) is -3.79. The van der Waals surface area contributed by atoms with Crippen LogP contribution in [0.4, 0.5) is 0 Å². The number of nitro groups is 2. The predicted molar refractivity (Wildman–Crippen MR) is 99.3 cm³/mol. The number of thioether (sulfide) groups is 1. The molecule has 1 saturated heterocycles. The molecular formula is C15H22N4O9S. The first-order chi connectivity index (χ1) is 13.4. The predicted octanol–water partition coefficient (Wildman–Crippen LogP) is -0.832. The Kier molecular flexibility index (Phi) is 8.63. The van der Waals surface area contributed by atoms with Crippen molar-refractivity contribution in [2.24, 2.45) is 11.7 Å². The molecule has 1 amide bonds. The molecule has 0 spiro atoms. The van der Waals surface area contributed by atoms with Crippen LogP contribution in [0.2, 0.25) is 0 Å². The molecule has 0 aromatic heterocycles. The van der Waals surface area contributed by atoms with Gasteiger partial charge in [-0.2, -0.15) is 11.8 Å². The number of Topliss-reactive ketones (excluding diaryl/α,β-unsaturated/α-hetero) is 2. The molecule has 0 saturated carbocycles. The van der Waals surface area contributed by atoms with Crippen molar-refractivity contribution in [3.8, 4) is 0 Å². The van der Waals surface area contributed by atoms with Crippen LogP contribution in [0.1, 0.15) is 26.2 Å². The summed E-state index contributed by atoms with van der Waals surface area (Å²) in [6.07, 6.45) is -0.196. The van der Waals surface area contributed by atoms with Gasteiger partial charge < -0.3 is 15.7 Å². The summed E-state index contributed by atoms with van der Waals surface area (Å²) in [5.41, 5.74) is 3.13. The van der Waals surface area contributed by atoms with Gasteiger partial charge >= 0.3 is 11.6 Å². The Bertz CT molecular complexity index is 692. The van der Waals surface area contributed by atoms with Crippen LogP contribution in [0.3, 0.4) is 0 Å². The number of likely N-dealkylation sites (tertiary alicyclic amines) is 1. The maximum Gasteiger partial charge on any atom is 0.492 e. The molecular weight excluding hydrogens is 412 g/mol. The van der Waals surface area contributed by atoms with Crippen molar-refractivity contribution in [2.45, 2.75) is 37.9 Å². The highest BCUT2D eigenvalue weighted by atomic mass is 32.2. The van der Waals surface area contributed by atoms with Crippen LogP contribution >= 0.6 is 11.8 Å². The minimum Gasteiger partial charge on any atom is -0.481 e. The lowest BCUT2D eigenvalue weighted by Crippen LogP contribution is -2.71. The summed E-state index contributed by atoms with van der Waals surface area (Å²) in [5, 5.41) is 30.9. The number of ketones is 2. The maximum absolute atomic E-state index is 12.0. The van der Waals surface area contributed by atoms with Crippen molar-refractivity contribution in [3.05, 3.63) is 20.2 Å². The molecule has 1 unspecified atom stereocenters. The van der Waals surface area contributed by atoms with E-state index in [-0.39, 0.29) is 42.3 Å². The third-order valence-electron chi connectivity index (χ3n) is 4.54. The van der Waals surface area contributed by atoms with Crippen LogP contribution in [0.25, 0.3) is 0 Å². The van der Waals surface area contributed by atoms with Gasteiger partial charge in [-0.3, -0.25) is 39.4 Å². The van der Waals surface area contributed by atoms with E-state index in [1.165, 1.54) is 6.92 Å². The zero-order chi connectivity index (χ0) is 22.4. The fourth-order valence-electron chi connectivity index (χ4n) is 2.53. The summed E-state index contributed by atoms with van der Waals surface area (Å²) < 4.78 is 0. The molecule has 0 radical (unpaired) electrons. The number of nitrogens with zero attached hydrogens (tertiary/aromatic N) is 3. The second kappa shape index (κ2) is 10.2. The van der Waals surface area contributed by atoms with E-state index < -0.39 is 52.4 Å². The molecule has 1 fully saturated rings. The second-order valence-corrected chi connectivity index (χ2v) is 7.83. The summed E-state index contributed by atoms with van der Waals surface area (Å²) in [6, 6.07) is -0.781. The van der Waals surface area contributed by atoms with Gasteiger partial charge in [0.2, 0.25) is 5.91 Å². The Labute approximate surface area is 169 Å². The number of nitrogens with two attached hydrogens (primary N) is 1. The normalized spacial score (nSPS) is 17.0. The van der Waals surface area contributed by atoms with Crippen molar-refractivity contribution in [2.75, 3.05) is 24.6 Å². The standard InChI is InChI=1S/C15H22N4O9S/c1-9(20)12(16)3-2-11(21)4-10(14(23)24)5-29-6-13(22)17-7-15(8-17,18(25)26)19(27)28/h10,12H,2-8,16H2,1H3,(H,23,24)/t10-,12?/m0/s1. The first kappa shape index (κ1) is 24.4. The molecule has 29 heavy (non-hydrogen) atoms. The molecule has 13 nitrogen and oxygen atoms in total. The highest BCUT2D eigenvalue weighted by molar-refractivity contribution is 7.99. The maximum atomic E-state index is 12.0. The number of amides is 1. The molecule has 14 heteroatoms. The SMILES string of the molecule is CC(=O)C(N)CCC(=O)C[C@@H](CSCC(=O)N1CC([N+](=O)[O-])([N+](=O)[O-])C1)C(=O)O. The van der Waals surface area contributed by atoms with Gasteiger partial charge in [0.1, 0.15) is 21.4 Å². The van der Waals surface area contributed by atoms with E-state index in [2.05, 4.69) is 0 Å². The van der Waals surface area contributed by atoms with Crippen LogP contribution in [0.15, 0.2) is 0 Å². The quantitative estimate of drug-likeness (QED) is 0.208. The Morgan fingerprint density at radius 2 is 1.76 bits per heavy atom.